The van der Waals surface area contributed by atoms with E-state index in [4.69, 9.17) is 5.73 Å². The van der Waals surface area contributed by atoms with E-state index < -0.39 is 0 Å². The minimum Gasteiger partial charge on any atom is -0.397 e. The Morgan fingerprint density at radius 2 is 1.83 bits per heavy atom. The van der Waals surface area contributed by atoms with Crippen molar-refractivity contribution < 1.29 is 0 Å². The average Bonchev–Trinajstić information content (AvgIpc) is 2.91. The Morgan fingerprint density at radius 3 is 2.74 bits per heavy atom. The molecule has 0 atom stereocenters. The highest BCUT2D eigenvalue weighted by atomic mass is 14.9. The molecule has 23 heavy (non-hydrogen) atoms. The van der Waals surface area contributed by atoms with Crippen LogP contribution in [-0.4, -0.2) is 10.9 Å². The normalized spacial score (nSPS) is 13.9. The maximum Gasteiger partial charge on any atom is 0.0574 e. The van der Waals surface area contributed by atoms with E-state index in [2.05, 4.69) is 34.1 Å². The van der Waals surface area contributed by atoms with Crippen molar-refractivity contribution in [1.29, 1.82) is 0 Å². The number of aromatic nitrogens is 1. The number of aryl methyl sites for hydroxylation is 1. The summed E-state index contributed by atoms with van der Waals surface area (Å²) in [6, 6.07) is 14.5. The van der Waals surface area contributed by atoms with Crippen molar-refractivity contribution in [2.24, 2.45) is 0 Å². The second-order valence-corrected chi connectivity index (χ2v) is 6.33. The van der Waals surface area contributed by atoms with Gasteiger partial charge in [-0.3, -0.25) is 0 Å². The van der Waals surface area contributed by atoms with Crippen LogP contribution < -0.4 is 11.1 Å². The third-order valence-corrected chi connectivity index (χ3v) is 4.91. The van der Waals surface area contributed by atoms with Crippen molar-refractivity contribution in [3.8, 4) is 0 Å². The number of hydrogen-bond donors (Lipinski definition) is 2. The molecule has 1 aromatic carbocycles. The Morgan fingerprint density at radius 1 is 1.00 bits per heavy atom. The SMILES string of the molecule is Nc1ccccc1NCCc1c2c(n3ccccc13)CCCC2. The molecule has 0 saturated carbocycles. The largest absolute Gasteiger partial charge is 0.397 e. The fraction of sp³-hybridized carbons (Fsp3) is 0.300. The molecule has 3 heteroatoms. The number of anilines is 2. The van der Waals surface area contributed by atoms with E-state index in [1.54, 1.807) is 5.56 Å². The van der Waals surface area contributed by atoms with Crippen LogP contribution in [0.5, 0.6) is 0 Å². The molecular weight excluding hydrogens is 282 g/mol. The molecule has 1 aliphatic carbocycles. The zero-order chi connectivity index (χ0) is 15.6. The number of para-hydroxylation sites is 2. The van der Waals surface area contributed by atoms with Gasteiger partial charge in [0.2, 0.25) is 0 Å². The highest BCUT2D eigenvalue weighted by Crippen LogP contribution is 2.30. The van der Waals surface area contributed by atoms with Crippen molar-refractivity contribution in [3.63, 3.8) is 0 Å². The second-order valence-electron chi connectivity index (χ2n) is 6.33. The van der Waals surface area contributed by atoms with Crippen molar-refractivity contribution in [2.45, 2.75) is 32.1 Å². The fourth-order valence-corrected chi connectivity index (χ4v) is 3.82. The van der Waals surface area contributed by atoms with Gasteiger partial charge in [0.15, 0.2) is 0 Å². The molecule has 0 saturated heterocycles. The van der Waals surface area contributed by atoms with Crippen molar-refractivity contribution >= 4 is 16.9 Å². The highest BCUT2D eigenvalue weighted by Gasteiger charge is 2.19. The van der Waals surface area contributed by atoms with Crippen LogP contribution in [-0.2, 0) is 19.3 Å². The Balaban J connectivity index is 1.60. The first kappa shape index (κ1) is 14.2. The van der Waals surface area contributed by atoms with Crippen LogP contribution in [0.25, 0.3) is 5.52 Å². The number of nitrogens with two attached hydrogens (primary N) is 1. The topological polar surface area (TPSA) is 42.5 Å². The standard InChI is InChI=1S/C20H23N3/c21-17-8-2-3-9-18(17)22-13-12-16-15-7-1-4-10-19(15)23-14-6-5-11-20(16)23/h2-3,5-6,8-9,11,14,22H,1,4,7,10,12-13,21H2. The zero-order valence-corrected chi connectivity index (χ0v) is 13.4. The number of nitrogens with one attached hydrogen (secondary N) is 1. The van der Waals surface area contributed by atoms with Gasteiger partial charge in [-0.25, -0.2) is 0 Å². The van der Waals surface area contributed by atoms with E-state index in [1.807, 2.05) is 24.3 Å². The Bertz CT molecular complexity index is 832. The maximum absolute atomic E-state index is 6.01. The van der Waals surface area contributed by atoms with Crippen molar-refractivity contribution in [3.05, 3.63) is 65.5 Å². The third kappa shape index (κ3) is 2.56. The number of nitrogens with zero attached hydrogens (tertiary/aromatic N) is 1. The molecule has 4 rings (SSSR count). The Labute approximate surface area is 137 Å². The van der Waals surface area contributed by atoms with Crippen LogP contribution in [0.2, 0.25) is 0 Å². The quantitative estimate of drug-likeness (QED) is 0.714. The predicted octanol–water partition coefficient (Wildman–Crippen LogP) is 4.05. The molecule has 3 nitrogen and oxygen atoms in total. The first-order chi connectivity index (χ1) is 11.3. The summed E-state index contributed by atoms with van der Waals surface area (Å²) in [5.41, 5.74) is 13.9. The minimum absolute atomic E-state index is 0.816. The van der Waals surface area contributed by atoms with Gasteiger partial charge < -0.3 is 15.5 Å². The van der Waals surface area contributed by atoms with Crippen LogP contribution in [0.15, 0.2) is 48.7 Å². The number of hydrogen-bond acceptors (Lipinski definition) is 2. The third-order valence-electron chi connectivity index (χ3n) is 4.91. The summed E-state index contributed by atoms with van der Waals surface area (Å²) in [6.45, 7) is 0.912. The maximum atomic E-state index is 6.01. The van der Waals surface area contributed by atoms with Gasteiger partial charge in [0.05, 0.1) is 11.4 Å². The second kappa shape index (κ2) is 5.99. The van der Waals surface area contributed by atoms with Crippen molar-refractivity contribution in [1.82, 2.24) is 4.40 Å². The van der Waals surface area contributed by atoms with Crippen LogP contribution in [0.3, 0.4) is 0 Å². The number of rotatable bonds is 4. The van der Waals surface area contributed by atoms with Gasteiger partial charge in [-0.2, -0.15) is 0 Å². The molecule has 0 bridgehead atoms. The van der Waals surface area contributed by atoms with Crippen LogP contribution in [0, 0.1) is 0 Å². The number of pyridine rings is 1. The zero-order valence-electron chi connectivity index (χ0n) is 13.4. The molecule has 0 amide bonds. The van der Waals surface area contributed by atoms with E-state index in [9.17, 15) is 0 Å². The number of fused-ring (bicyclic) bond motifs is 3. The van der Waals surface area contributed by atoms with Gasteiger partial charge in [-0.1, -0.05) is 18.2 Å². The highest BCUT2D eigenvalue weighted by molar-refractivity contribution is 5.66. The molecule has 3 N–H and O–H groups in total. The van der Waals surface area contributed by atoms with E-state index >= 15 is 0 Å². The van der Waals surface area contributed by atoms with Crippen LogP contribution >= 0.6 is 0 Å². The van der Waals surface area contributed by atoms with Gasteiger partial charge in [0, 0.05) is 24.0 Å². The van der Waals surface area contributed by atoms with Crippen LogP contribution in [0.4, 0.5) is 11.4 Å². The lowest BCUT2D eigenvalue weighted by Gasteiger charge is -2.14. The average molecular weight is 305 g/mol. The summed E-state index contributed by atoms with van der Waals surface area (Å²) in [5.74, 6) is 0. The van der Waals surface area contributed by atoms with Crippen molar-refractivity contribution in [2.75, 3.05) is 17.6 Å². The monoisotopic (exact) mass is 305 g/mol. The smallest absolute Gasteiger partial charge is 0.0574 e. The molecule has 0 radical (unpaired) electrons. The summed E-state index contributed by atoms with van der Waals surface area (Å²) >= 11 is 0. The lowest BCUT2D eigenvalue weighted by atomic mass is 9.93. The predicted molar refractivity (Wildman–Crippen MR) is 97.1 cm³/mol. The van der Waals surface area contributed by atoms with E-state index in [1.165, 1.54) is 42.5 Å². The van der Waals surface area contributed by atoms with E-state index in [0.29, 0.717) is 0 Å². The molecule has 0 spiro atoms. The summed E-state index contributed by atoms with van der Waals surface area (Å²) in [5, 5.41) is 3.49. The Kier molecular flexibility index (Phi) is 3.70. The summed E-state index contributed by atoms with van der Waals surface area (Å²) in [7, 11) is 0. The molecule has 118 valence electrons. The lowest BCUT2D eigenvalue weighted by molar-refractivity contribution is 0.665. The molecule has 0 unspecified atom stereocenters. The first-order valence-corrected chi connectivity index (χ1v) is 8.52. The molecular formula is C20H23N3. The summed E-state index contributed by atoms with van der Waals surface area (Å²) in [4.78, 5) is 0. The van der Waals surface area contributed by atoms with E-state index in [-0.39, 0.29) is 0 Å². The fourth-order valence-electron chi connectivity index (χ4n) is 3.82. The lowest BCUT2D eigenvalue weighted by Crippen LogP contribution is -2.09. The van der Waals surface area contributed by atoms with Gasteiger partial charge in [-0.05, 0) is 67.5 Å². The van der Waals surface area contributed by atoms with Gasteiger partial charge in [-0.15, -0.1) is 0 Å². The molecule has 2 heterocycles. The molecule has 0 aliphatic heterocycles. The first-order valence-electron chi connectivity index (χ1n) is 8.52. The molecule has 2 aromatic heterocycles. The van der Waals surface area contributed by atoms with E-state index in [0.717, 1.165) is 24.3 Å². The minimum atomic E-state index is 0.816. The van der Waals surface area contributed by atoms with Gasteiger partial charge in [0.25, 0.3) is 0 Å². The molecule has 0 fully saturated rings. The number of nitrogen functional groups attached to an aromatic ring is 1. The summed E-state index contributed by atoms with van der Waals surface area (Å²) in [6.07, 6.45) is 8.31. The van der Waals surface area contributed by atoms with Gasteiger partial charge >= 0.3 is 0 Å². The molecule has 1 aliphatic rings. The van der Waals surface area contributed by atoms with Crippen LogP contribution in [0.1, 0.15) is 29.7 Å². The Hall–Kier alpha value is -2.42. The molecule has 3 aromatic rings. The summed E-state index contributed by atoms with van der Waals surface area (Å²) < 4.78 is 2.40. The van der Waals surface area contributed by atoms with Gasteiger partial charge in [0.1, 0.15) is 0 Å². The number of benzene rings is 1.